The fourth-order valence-corrected chi connectivity index (χ4v) is 3.18. The van der Waals surface area contributed by atoms with E-state index in [2.05, 4.69) is 17.0 Å². The molecule has 6 heteroatoms. The van der Waals surface area contributed by atoms with Gasteiger partial charge in [-0.3, -0.25) is 0 Å². The Balaban J connectivity index is 2.62. The largest absolute Gasteiger partial charge is 0.383 e. The zero-order chi connectivity index (χ0) is 15.7. The van der Waals surface area contributed by atoms with Gasteiger partial charge in [0.05, 0.1) is 11.5 Å². The molecule has 0 atom stereocenters. The molecule has 0 saturated carbocycles. The van der Waals surface area contributed by atoms with Gasteiger partial charge in [-0.05, 0) is 36.1 Å². The van der Waals surface area contributed by atoms with Gasteiger partial charge in [0.1, 0.15) is 0 Å². The van der Waals surface area contributed by atoms with Crippen LogP contribution >= 0.6 is 0 Å². The third-order valence-electron chi connectivity index (χ3n) is 3.33. The van der Waals surface area contributed by atoms with Crippen LogP contribution in [0.5, 0.6) is 0 Å². The van der Waals surface area contributed by atoms with Gasteiger partial charge in [-0.1, -0.05) is 19.9 Å². The summed E-state index contributed by atoms with van der Waals surface area (Å²) in [4.78, 5) is 0.341. The first-order valence-electron chi connectivity index (χ1n) is 7.36. The van der Waals surface area contributed by atoms with Gasteiger partial charge in [0.2, 0.25) is 10.0 Å². The maximum Gasteiger partial charge on any atom is 0.240 e. The van der Waals surface area contributed by atoms with E-state index in [0.29, 0.717) is 31.1 Å². The van der Waals surface area contributed by atoms with Crippen LogP contribution in [0, 0.1) is 0 Å². The lowest BCUT2D eigenvalue weighted by molar-refractivity contribution is 0.199. The molecule has 0 aromatic heterocycles. The Morgan fingerprint density at radius 3 is 2.38 bits per heavy atom. The number of rotatable bonds is 10. The van der Waals surface area contributed by atoms with Crippen molar-refractivity contribution < 1.29 is 13.2 Å². The molecule has 0 spiro atoms. The van der Waals surface area contributed by atoms with Crippen LogP contribution in [-0.4, -0.2) is 41.8 Å². The van der Waals surface area contributed by atoms with Gasteiger partial charge < -0.3 is 10.1 Å². The van der Waals surface area contributed by atoms with E-state index in [-0.39, 0.29) is 0 Å². The summed E-state index contributed by atoms with van der Waals surface area (Å²) >= 11 is 0. The van der Waals surface area contributed by atoms with Crippen molar-refractivity contribution in [1.29, 1.82) is 0 Å². The van der Waals surface area contributed by atoms with Crippen molar-refractivity contribution >= 4 is 10.0 Å². The molecule has 0 unspecified atom stereocenters. The molecule has 0 aliphatic heterocycles. The van der Waals surface area contributed by atoms with E-state index < -0.39 is 10.0 Å². The number of nitrogens with one attached hydrogen (secondary N) is 2. The van der Waals surface area contributed by atoms with Crippen molar-refractivity contribution in [2.45, 2.75) is 31.6 Å². The Labute approximate surface area is 128 Å². The molecule has 0 fully saturated rings. The van der Waals surface area contributed by atoms with Crippen LogP contribution in [0.2, 0.25) is 0 Å². The number of aryl methyl sites for hydroxylation is 2. The highest BCUT2D eigenvalue weighted by atomic mass is 32.2. The maximum absolute atomic E-state index is 12.2. The number of methoxy groups -OCH3 is 1. The van der Waals surface area contributed by atoms with E-state index >= 15 is 0 Å². The third kappa shape index (κ3) is 5.74. The van der Waals surface area contributed by atoms with Crippen LogP contribution < -0.4 is 10.0 Å². The summed E-state index contributed by atoms with van der Waals surface area (Å²) < 4.78 is 32.0. The zero-order valence-electron chi connectivity index (χ0n) is 13.1. The Bertz CT molecular complexity index is 530. The number of hydrogen-bond acceptors (Lipinski definition) is 4. The molecule has 0 heterocycles. The minimum atomic E-state index is -3.43. The fourth-order valence-electron chi connectivity index (χ4n) is 2.10. The number of sulfonamides is 1. The molecule has 1 rings (SSSR count). The highest BCUT2D eigenvalue weighted by Crippen LogP contribution is 2.17. The third-order valence-corrected chi connectivity index (χ3v) is 4.79. The topological polar surface area (TPSA) is 67.4 Å². The van der Waals surface area contributed by atoms with Crippen LogP contribution in [0.15, 0.2) is 23.1 Å². The van der Waals surface area contributed by atoms with E-state index in [1.807, 2.05) is 13.0 Å². The molecule has 0 saturated heterocycles. The van der Waals surface area contributed by atoms with Gasteiger partial charge in [-0.25, -0.2) is 13.1 Å². The van der Waals surface area contributed by atoms with Gasteiger partial charge in [0.25, 0.3) is 0 Å². The fraction of sp³-hybridized carbons (Fsp3) is 0.600. The Morgan fingerprint density at radius 1 is 1.05 bits per heavy atom. The van der Waals surface area contributed by atoms with Crippen LogP contribution in [0.25, 0.3) is 0 Å². The van der Waals surface area contributed by atoms with Crippen molar-refractivity contribution in [3.63, 3.8) is 0 Å². The molecule has 120 valence electrons. The monoisotopic (exact) mass is 314 g/mol. The first kappa shape index (κ1) is 18.1. The molecule has 0 aliphatic carbocycles. The normalized spacial score (nSPS) is 11.8. The summed E-state index contributed by atoms with van der Waals surface area (Å²) in [6.07, 6.45) is 1.76. The summed E-state index contributed by atoms with van der Waals surface area (Å²) in [6.45, 7) is 6.39. The molecule has 0 bridgehead atoms. The SMILES string of the molecule is CCc1ccc(S(=O)(=O)NCCNCCOC)cc1CC. The minimum absolute atomic E-state index is 0.341. The molecule has 0 aliphatic rings. The summed E-state index contributed by atoms with van der Waals surface area (Å²) in [5.74, 6) is 0. The first-order valence-corrected chi connectivity index (χ1v) is 8.84. The molecule has 21 heavy (non-hydrogen) atoms. The predicted octanol–water partition coefficient (Wildman–Crippen LogP) is 1.33. The van der Waals surface area contributed by atoms with E-state index in [1.54, 1.807) is 19.2 Å². The van der Waals surface area contributed by atoms with E-state index in [0.717, 1.165) is 18.4 Å². The second-order valence-electron chi connectivity index (χ2n) is 4.78. The number of ether oxygens (including phenoxy) is 1. The van der Waals surface area contributed by atoms with E-state index in [1.165, 1.54) is 5.56 Å². The van der Waals surface area contributed by atoms with Crippen LogP contribution in [0.1, 0.15) is 25.0 Å². The maximum atomic E-state index is 12.2. The average Bonchev–Trinajstić information content (AvgIpc) is 2.49. The molecule has 2 N–H and O–H groups in total. The van der Waals surface area contributed by atoms with Crippen molar-refractivity contribution in [1.82, 2.24) is 10.0 Å². The minimum Gasteiger partial charge on any atom is -0.383 e. The Morgan fingerprint density at radius 2 is 1.76 bits per heavy atom. The molecular formula is C15H26N2O3S. The van der Waals surface area contributed by atoms with E-state index in [9.17, 15) is 8.42 Å². The van der Waals surface area contributed by atoms with Crippen LogP contribution in [0.4, 0.5) is 0 Å². The van der Waals surface area contributed by atoms with Crippen LogP contribution in [0.3, 0.4) is 0 Å². The highest BCUT2D eigenvalue weighted by molar-refractivity contribution is 7.89. The van der Waals surface area contributed by atoms with Crippen molar-refractivity contribution in [2.24, 2.45) is 0 Å². The second-order valence-corrected chi connectivity index (χ2v) is 6.55. The highest BCUT2D eigenvalue weighted by Gasteiger charge is 2.14. The van der Waals surface area contributed by atoms with Gasteiger partial charge in [-0.15, -0.1) is 0 Å². The van der Waals surface area contributed by atoms with Crippen molar-refractivity contribution in [3.05, 3.63) is 29.3 Å². The van der Waals surface area contributed by atoms with Crippen LogP contribution in [-0.2, 0) is 27.6 Å². The average molecular weight is 314 g/mol. The summed E-state index contributed by atoms with van der Waals surface area (Å²) in [5.41, 5.74) is 2.30. The van der Waals surface area contributed by atoms with Gasteiger partial charge in [0.15, 0.2) is 0 Å². The molecule has 0 amide bonds. The van der Waals surface area contributed by atoms with Gasteiger partial charge in [-0.2, -0.15) is 0 Å². The Kier molecular flexibility index (Phi) is 7.88. The predicted molar refractivity (Wildman–Crippen MR) is 85.1 cm³/mol. The summed E-state index contributed by atoms with van der Waals surface area (Å²) in [5, 5.41) is 3.10. The first-order chi connectivity index (χ1) is 10.0. The van der Waals surface area contributed by atoms with Crippen molar-refractivity contribution in [2.75, 3.05) is 33.4 Å². The molecule has 1 aromatic carbocycles. The number of benzene rings is 1. The van der Waals surface area contributed by atoms with E-state index in [4.69, 9.17) is 4.74 Å². The molecule has 0 radical (unpaired) electrons. The standard InChI is InChI=1S/C15H26N2O3S/c1-4-13-6-7-15(12-14(13)5-2)21(18,19)17-9-8-16-10-11-20-3/h6-7,12,16-17H,4-5,8-11H2,1-3H3. The van der Waals surface area contributed by atoms with Crippen molar-refractivity contribution in [3.8, 4) is 0 Å². The zero-order valence-corrected chi connectivity index (χ0v) is 13.9. The molecular weight excluding hydrogens is 288 g/mol. The summed E-state index contributed by atoms with van der Waals surface area (Å²) in [6, 6.07) is 5.36. The smallest absolute Gasteiger partial charge is 0.240 e. The number of hydrogen-bond donors (Lipinski definition) is 2. The molecule has 1 aromatic rings. The summed E-state index contributed by atoms with van der Waals surface area (Å²) in [7, 11) is -1.80. The second kappa shape index (κ2) is 9.15. The van der Waals surface area contributed by atoms with Gasteiger partial charge in [0, 0.05) is 26.7 Å². The lowest BCUT2D eigenvalue weighted by Gasteiger charge is -2.11. The molecule has 5 nitrogen and oxygen atoms in total. The lowest BCUT2D eigenvalue weighted by Crippen LogP contribution is -2.33. The Hall–Kier alpha value is -0.950. The lowest BCUT2D eigenvalue weighted by atomic mass is 10.0. The van der Waals surface area contributed by atoms with Gasteiger partial charge >= 0.3 is 0 Å². The quantitative estimate of drug-likeness (QED) is 0.639.